The number of anilines is 1. The molecule has 5 nitrogen and oxygen atoms in total. The molecule has 2 aromatic heterocycles. The Morgan fingerprint density at radius 3 is 2.79 bits per heavy atom. The van der Waals surface area contributed by atoms with Crippen LogP contribution in [0.1, 0.15) is 30.9 Å². The molecule has 0 aliphatic carbocycles. The lowest BCUT2D eigenvalue weighted by molar-refractivity contribution is 0.393. The second kappa shape index (κ2) is 6.43. The molecule has 0 spiro atoms. The van der Waals surface area contributed by atoms with Gasteiger partial charge in [0.15, 0.2) is 5.82 Å². The highest BCUT2D eigenvalue weighted by Gasteiger charge is 2.28. The molecule has 1 fully saturated rings. The summed E-state index contributed by atoms with van der Waals surface area (Å²) in [5.74, 6) is 1.84. The van der Waals surface area contributed by atoms with Crippen LogP contribution in [0.4, 0.5) is 5.82 Å². The number of hydrogen-bond donors (Lipinski definition) is 0. The maximum atomic E-state index is 5.60. The Hall–Kier alpha value is -2.69. The molecular weight excluding hydrogens is 300 g/mol. The van der Waals surface area contributed by atoms with Crippen molar-refractivity contribution in [1.29, 1.82) is 0 Å². The minimum Gasteiger partial charge on any atom is -0.496 e. The first-order valence-electron chi connectivity index (χ1n) is 8.34. The van der Waals surface area contributed by atoms with E-state index in [1.807, 2.05) is 24.4 Å². The summed E-state index contributed by atoms with van der Waals surface area (Å²) in [4.78, 5) is 15.9. The van der Waals surface area contributed by atoms with Crippen molar-refractivity contribution in [3.8, 4) is 5.75 Å². The van der Waals surface area contributed by atoms with Crippen molar-refractivity contribution in [2.45, 2.75) is 25.3 Å². The van der Waals surface area contributed by atoms with E-state index >= 15 is 0 Å². The summed E-state index contributed by atoms with van der Waals surface area (Å²) < 4.78 is 5.60. The van der Waals surface area contributed by atoms with Gasteiger partial charge in [-0.1, -0.05) is 18.2 Å². The lowest BCUT2D eigenvalue weighted by atomic mass is 9.94. The van der Waals surface area contributed by atoms with Gasteiger partial charge >= 0.3 is 0 Å². The molecule has 3 heterocycles. The van der Waals surface area contributed by atoms with Gasteiger partial charge in [0.05, 0.1) is 18.7 Å². The molecule has 1 aromatic carbocycles. The fourth-order valence-electron chi connectivity index (χ4n) is 3.54. The van der Waals surface area contributed by atoms with Crippen molar-refractivity contribution < 1.29 is 4.74 Å². The maximum Gasteiger partial charge on any atom is 0.157 e. The molecule has 0 amide bonds. The van der Waals surface area contributed by atoms with Crippen LogP contribution in [0, 0.1) is 0 Å². The number of fused-ring (bicyclic) bond motifs is 1. The third-order valence-corrected chi connectivity index (χ3v) is 4.64. The molecule has 122 valence electrons. The van der Waals surface area contributed by atoms with E-state index in [0.717, 1.165) is 42.0 Å². The summed E-state index contributed by atoms with van der Waals surface area (Å²) in [5.41, 5.74) is 2.95. The molecule has 5 heteroatoms. The average Bonchev–Trinajstić information content (AvgIpc) is 2.67. The fraction of sp³-hybridized carbons (Fsp3) is 0.316. The third-order valence-electron chi connectivity index (χ3n) is 4.64. The number of piperidine rings is 1. The van der Waals surface area contributed by atoms with Crippen molar-refractivity contribution in [1.82, 2.24) is 15.0 Å². The second-order valence-corrected chi connectivity index (χ2v) is 6.01. The first kappa shape index (κ1) is 14.9. The second-order valence-electron chi connectivity index (χ2n) is 6.01. The Morgan fingerprint density at radius 1 is 1.00 bits per heavy atom. The minimum atomic E-state index is 0.245. The van der Waals surface area contributed by atoms with Crippen molar-refractivity contribution in [3.63, 3.8) is 0 Å². The van der Waals surface area contributed by atoms with Crippen LogP contribution in [0.3, 0.4) is 0 Å². The molecule has 0 bridgehead atoms. The SMILES string of the molecule is COc1ccccc1C1CCCCN1c1nccc2nccnc12. The zero-order valence-corrected chi connectivity index (χ0v) is 13.7. The standard InChI is InChI=1S/C19H20N4O/c1-24-17-8-3-2-6-14(17)16-7-4-5-13-23(16)19-18-15(9-10-22-19)20-11-12-21-18/h2-3,6,8-12,16H,4-5,7,13H2,1H3. The van der Waals surface area contributed by atoms with E-state index in [2.05, 4.69) is 32.0 Å². The molecule has 24 heavy (non-hydrogen) atoms. The largest absolute Gasteiger partial charge is 0.496 e. The van der Waals surface area contributed by atoms with E-state index in [0.29, 0.717) is 0 Å². The number of benzene rings is 1. The zero-order chi connectivity index (χ0) is 16.4. The van der Waals surface area contributed by atoms with Crippen LogP contribution in [0.2, 0.25) is 0 Å². The van der Waals surface area contributed by atoms with Gasteiger partial charge in [0.2, 0.25) is 0 Å². The molecule has 1 saturated heterocycles. The Labute approximate surface area is 141 Å². The Balaban J connectivity index is 1.82. The molecule has 3 aromatic rings. The molecule has 1 aliphatic heterocycles. The number of nitrogens with zero attached hydrogens (tertiary/aromatic N) is 4. The predicted molar refractivity (Wildman–Crippen MR) is 94.3 cm³/mol. The molecule has 0 saturated carbocycles. The zero-order valence-electron chi connectivity index (χ0n) is 13.7. The van der Waals surface area contributed by atoms with Crippen molar-refractivity contribution >= 4 is 16.9 Å². The molecule has 1 unspecified atom stereocenters. The van der Waals surface area contributed by atoms with Crippen LogP contribution < -0.4 is 9.64 Å². The van der Waals surface area contributed by atoms with Gasteiger partial charge in [-0.05, 0) is 31.4 Å². The smallest absolute Gasteiger partial charge is 0.157 e. The van der Waals surface area contributed by atoms with Crippen molar-refractivity contribution in [3.05, 3.63) is 54.5 Å². The number of pyridine rings is 1. The predicted octanol–water partition coefficient (Wildman–Crippen LogP) is 3.77. The van der Waals surface area contributed by atoms with Gasteiger partial charge in [-0.3, -0.25) is 4.98 Å². The summed E-state index contributed by atoms with van der Waals surface area (Å²) in [6.07, 6.45) is 8.72. The monoisotopic (exact) mass is 320 g/mol. The van der Waals surface area contributed by atoms with Crippen LogP contribution in [0.15, 0.2) is 48.9 Å². The van der Waals surface area contributed by atoms with E-state index in [9.17, 15) is 0 Å². The Bertz CT molecular complexity index is 846. The number of rotatable bonds is 3. The van der Waals surface area contributed by atoms with Gasteiger partial charge in [-0.15, -0.1) is 0 Å². The highest BCUT2D eigenvalue weighted by Crippen LogP contribution is 2.39. The van der Waals surface area contributed by atoms with E-state index in [1.54, 1.807) is 19.5 Å². The van der Waals surface area contributed by atoms with Crippen LogP contribution in [0.5, 0.6) is 5.75 Å². The van der Waals surface area contributed by atoms with Crippen molar-refractivity contribution in [2.24, 2.45) is 0 Å². The molecule has 1 aliphatic rings. The van der Waals surface area contributed by atoms with E-state index in [-0.39, 0.29) is 6.04 Å². The average molecular weight is 320 g/mol. The van der Waals surface area contributed by atoms with Gasteiger partial charge in [0.25, 0.3) is 0 Å². The first-order valence-corrected chi connectivity index (χ1v) is 8.34. The highest BCUT2D eigenvalue weighted by molar-refractivity contribution is 5.85. The number of para-hydroxylation sites is 1. The minimum absolute atomic E-state index is 0.245. The van der Waals surface area contributed by atoms with Gasteiger partial charge in [0, 0.05) is 30.7 Å². The molecular formula is C19H20N4O. The van der Waals surface area contributed by atoms with Gasteiger partial charge in [-0.2, -0.15) is 0 Å². The summed E-state index contributed by atoms with van der Waals surface area (Å²) in [6, 6.07) is 10.4. The summed E-state index contributed by atoms with van der Waals surface area (Å²) >= 11 is 0. The highest BCUT2D eigenvalue weighted by atomic mass is 16.5. The summed E-state index contributed by atoms with van der Waals surface area (Å²) in [7, 11) is 1.73. The number of hydrogen-bond acceptors (Lipinski definition) is 5. The normalized spacial score (nSPS) is 17.9. The lowest BCUT2D eigenvalue weighted by Gasteiger charge is -2.37. The molecule has 0 radical (unpaired) electrons. The first-order chi connectivity index (χ1) is 11.9. The van der Waals surface area contributed by atoms with Crippen LogP contribution in [-0.4, -0.2) is 28.6 Å². The summed E-state index contributed by atoms with van der Waals surface area (Å²) in [6.45, 7) is 0.964. The fourth-order valence-corrected chi connectivity index (χ4v) is 3.54. The van der Waals surface area contributed by atoms with Crippen LogP contribution in [0.25, 0.3) is 11.0 Å². The van der Waals surface area contributed by atoms with E-state index in [1.165, 1.54) is 12.0 Å². The summed E-state index contributed by atoms with van der Waals surface area (Å²) in [5, 5.41) is 0. The number of aromatic nitrogens is 3. The van der Waals surface area contributed by atoms with Gasteiger partial charge < -0.3 is 9.64 Å². The molecule has 0 N–H and O–H groups in total. The maximum absolute atomic E-state index is 5.60. The van der Waals surface area contributed by atoms with Crippen molar-refractivity contribution in [2.75, 3.05) is 18.6 Å². The molecule has 1 atom stereocenters. The Morgan fingerprint density at radius 2 is 1.88 bits per heavy atom. The molecule has 4 rings (SSSR count). The van der Waals surface area contributed by atoms with Gasteiger partial charge in [0.1, 0.15) is 11.3 Å². The van der Waals surface area contributed by atoms with Crippen LogP contribution in [-0.2, 0) is 0 Å². The number of methoxy groups -OCH3 is 1. The van der Waals surface area contributed by atoms with Crippen LogP contribution >= 0.6 is 0 Å². The Kier molecular flexibility index (Phi) is 3.99. The quantitative estimate of drug-likeness (QED) is 0.735. The topological polar surface area (TPSA) is 51.1 Å². The van der Waals surface area contributed by atoms with E-state index in [4.69, 9.17) is 4.74 Å². The third kappa shape index (κ3) is 2.56. The van der Waals surface area contributed by atoms with Gasteiger partial charge in [-0.25, -0.2) is 9.97 Å². The van der Waals surface area contributed by atoms with E-state index < -0.39 is 0 Å². The number of ether oxygens (including phenoxy) is 1. The lowest BCUT2D eigenvalue weighted by Crippen LogP contribution is -2.34.